The lowest BCUT2D eigenvalue weighted by atomic mass is 10.1. The van der Waals surface area contributed by atoms with Gasteiger partial charge in [0.15, 0.2) is 0 Å². The first kappa shape index (κ1) is 15.5. The highest BCUT2D eigenvalue weighted by atomic mass is 79.9. The molecule has 1 heterocycles. The number of amides is 3. The molecule has 0 spiro atoms. The van der Waals surface area contributed by atoms with Gasteiger partial charge in [0, 0.05) is 10.9 Å². The predicted octanol–water partition coefficient (Wildman–Crippen LogP) is 1.14. The molecule has 1 atom stereocenters. The van der Waals surface area contributed by atoms with E-state index in [1.807, 2.05) is 12.1 Å². The van der Waals surface area contributed by atoms with Gasteiger partial charge in [-0.05, 0) is 24.6 Å². The lowest BCUT2D eigenvalue weighted by molar-refractivity contribution is -0.137. The van der Waals surface area contributed by atoms with Gasteiger partial charge in [0.05, 0.1) is 13.0 Å². The minimum absolute atomic E-state index is 0.143. The second-order valence-electron chi connectivity index (χ2n) is 4.63. The van der Waals surface area contributed by atoms with Crippen LogP contribution in [0.15, 0.2) is 28.7 Å². The molecule has 1 fully saturated rings. The Morgan fingerprint density at radius 2 is 2.24 bits per heavy atom. The fourth-order valence-corrected chi connectivity index (χ4v) is 2.29. The zero-order valence-electron chi connectivity index (χ0n) is 11.2. The van der Waals surface area contributed by atoms with Crippen LogP contribution < -0.4 is 15.4 Å². The van der Waals surface area contributed by atoms with E-state index >= 15 is 0 Å². The van der Waals surface area contributed by atoms with Crippen LogP contribution in [0.25, 0.3) is 0 Å². The molecule has 1 unspecified atom stereocenters. The molecule has 6 nitrogen and oxygen atoms in total. The number of hydrogen-bond acceptors (Lipinski definition) is 4. The number of piperidine rings is 1. The lowest BCUT2D eigenvalue weighted by Gasteiger charge is -2.21. The third kappa shape index (κ3) is 4.86. The highest BCUT2D eigenvalue weighted by Crippen LogP contribution is 2.17. The van der Waals surface area contributed by atoms with Crippen LogP contribution in [0.3, 0.4) is 0 Å². The molecule has 2 rings (SSSR count). The van der Waals surface area contributed by atoms with E-state index in [1.165, 1.54) is 0 Å². The summed E-state index contributed by atoms with van der Waals surface area (Å²) in [4.78, 5) is 34.2. The summed E-state index contributed by atoms with van der Waals surface area (Å²) in [6, 6.07) is 6.67. The average Bonchev–Trinajstić information content (AvgIpc) is 2.42. The number of rotatable bonds is 5. The Labute approximate surface area is 130 Å². The number of benzene rings is 1. The van der Waals surface area contributed by atoms with Crippen LogP contribution in [-0.4, -0.2) is 30.4 Å². The molecule has 0 aliphatic carbocycles. The molecule has 1 aromatic carbocycles. The second kappa shape index (κ2) is 7.21. The van der Waals surface area contributed by atoms with E-state index in [4.69, 9.17) is 4.74 Å². The van der Waals surface area contributed by atoms with Crippen molar-refractivity contribution in [2.75, 3.05) is 6.61 Å². The topological polar surface area (TPSA) is 84.5 Å². The summed E-state index contributed by atoms with van der Waals surface area (Å²) >= 11 is 3.33. The zero-order chi connectivity index (χ0) is 15.2. The maximum atomic E-state index is 11.7. The van der Waals surface area contributed by atoms with Gasteiger partial charge in [0.2, 0.25) is 17.7 Å². The Morgan fingerprint density at radius 1 is 1.43 bits per heavy atom. The standard InChI is InChI=1S/C14H15BrN2O4/c15-9-2-1-3-10(8-9)21-7-6-13(19)16-11-4-5-12(18)17-14(11)20/h1-3,8,11H,4-7H2,(H,16,19)(H,17,18,20). The Kier molecular flexibility index (Phi) is 5.32. The van der Waals surface area contributed by atoms with Crippen LogP contribution >= 0.6 is 15.9 Å². The highest BCUT2D eigenvalue weighted by Gasteiger charge is 2.27. The maximum Gasteiger partial charge on any atom is 0.249 e. The van der Waals surface area contributed by atoms with Gasteiger partial charge in [-0.1, -0.05) is 22.0 Å². The number of nitrogens with one attached hydrogen (secondary N) is 2. The number of halogens is 1. The molecular formula is C14H15BrN2O4. The van der Waals surface area contributed by atoms with Crippen LogP contribution in [0, 0.1) is 0 Å². The van der Waals surface area contributed by atoms with E-state index in [2.05, 4.69) is 26.6 Å². The molecule has 7 heteroatoms. The summed E-state index contributed by atoms with van der Waals surface area (Å²) < 4.78 is 6.34. The van der Waals surface area contributed by atoms with Crippen molar-refractivity contribution in [1.82, 2.24) is 10.6 Å². The first-order valence-corrected chi connectivity index (χ1v) is 7.35. The van der Waals surface area contributed by atoms with Crippen molar-refractivity contribution in [1.29, 1.82) is 0 Å². The van der Waals surface area contributed by atoms with Crippen molar-refractivity contribution in [2.24, 2.45) is 0 Å². The van der Waals surface area contributed by atoms with Gasteiger partial charge in [-0.3, -0.25) is 19.7 Å². The van der Waals surface area contributed by atoms with Gasteiger partial charge >= 0.3 is 0 Å². The van der Waals surface area contributed by atoms with Crippen LogP contribution in [-0.2, 0) is 14.4 Å². The van der Waals surface area contributed by atoms with Crippen LogP contribution in [0.2, 0.25) is 0 Å². The molecule has 1 saturated heterocycles. The third-order valence-corrected chi connectivity index (χ3v) is 3.46. The Balaban J connectivity index is 1.72. The smallest absolute Gasteiger partial charge is 0.249 e. The summed E-state index contributed by atoms with van der Waals surface area (Å²) in [5, 5.41) is 4.79. The van der Waals surface area contributed by atoms with E-state index in [0.29, 0.717) is 12.2 Å². The molecular weight excluding hydrogens is 340 g/mol. The number of carbonyl (C=O) groups excluding carboxylic acids is 3. The fraction of sp³-hybridized carbons (Fsp3) is 0.357. The minimum atomic E-state index is -0.638. The molecule has 1 aliphatic rings. The Bertz CT molecular complexity index is 562. The maximum absolute atomic E-state index is 11.7. The highest BCUT2D eigenvalue weighted by molar-refractivity contribution is 9.10. The zero-order valence-corrected chi connectivity index (χ0v) is 12.8. The normalized spacial score (nSPS) is 18.0. The Hall–Kier alpha value is -1.89. The number of hydrogen-bond donors (Lipinski definition) is 2. The van der Waals surface area contributed by atoms with E-state index < -0.39 is 11.9 Å². The monoisotopic (exact) mass is 354 g/mol. The number of carbonyl (C=O) groups is 3. The van der Waals surface area contributed by atoms with Crippen molar-refractivity contribution in [2.45, 2.75) is 25.3 Å². The summed E-state index contributed by atoms with van der Waals surface area (Å²) in [5.74, 6) is -0.367. The predicted molar refractivity (Wildman–Crippen MR) is 78.6 cm³/mol. The average molecular weight is 355 g/mol. The van der Waals surface area contributed by atoms with Crippen molar-refractivity contribution >= 4 is 33.7 Å². The number of imide groups is 1. The van der Waals surface area contributed by atoms with Gasteiger partial charge in [-0.15, -0.1) is 0 Å². The molecule has 1 aliphatic heterocycles. The third-order valence-electron chi connectivity index (χ3n) is 2.97. The van der Waals surface area contributed by atoms with Crippen molar-refractivity contribution < 1.29 is 19.1 Å². The summed E-state index contributed by atoms with van der Waals surface area (Å²) in [7, 11) is 0. The molecule has 112 valence electrons. The first-order chi connectivity index (χ1) is 10.0. The van der Waals surface area contributed by atoms with Crippen LogP contribution in [0.5, 0.6) is 5.75 Å². The van der Waals surface area contributed by atoms with Gasteiger partial charge in [0.25, 0.3) is 0 Å². The van der Waals surface area contributed by atoms with Crippen molar-refractivity contribution in [3.05, 3.63) is 28.7 Å². The van der Waals surface area contributed by atoms with Crippen molar-refractivity contribution in [3.63, 3.8) is 0 Å². The molecule has 0 aromatic heterocycles. The van der Waals surface area contributed by atoms with E-state index in [1.54, 1.807) is 12.1 Å². The quantitative estimate of drug-likeness (QED) is 0.776. The molecule has 0 saturated carbocycles. The van der Waals surface area contributed by atoms with Gasteiger partial charge in [-0.25, -0.2) is 0 Å². The summed E-state index contributed by atoms with van der Waals surface area (Å²) in [5.41, 5.74) is 0. The lowest BCUT2D eigenvalue weighted by Crippen LogP contribution is -2.52. The molecule has 3 amide bonds. The van der Waals surface area contributed by atoms with Gasteiger partial charge in [0.1, 0.15) is 11.8 Å². The number of ether oxygens (including phenoxy) is 1. The summed E-state index contributed by atoms with van der Waals surface area (Å²) in [6.07, 6.45) is 0.721. The van der Waals surface area contributed by atoms with Crippen LogP contribution in [0.1, 0.15) is 19.3 Å². The first-order valence-electron chi connectivity index (χ1n) is 6.56. The van der Waals surface area contributed by atoms with E-state index in [9.17, 15) is 14.4 Å². The molecule has 21 heavy (non-hydrogen) atoms. The summed E-state index contributed by atoms with van der Waals surface area (Å²) in [6.45, 7) is 0.218. The molecule has 0 radical (unpaired) electrons. The van der Waals surface area contributed by atoms with Gasteiger partial charge in [-0.2, -0.15) is 0 Å². The Morgan fingerprint density at radius 3 is 2.95 bits per heavy atom. The molecule has 2 N–H and O–H groups in total. The SMILES string of the molecule is O=C1CCC(NC(=O)CCOc2cccc(Br)c2)C(=O)N1. The van der Waals surface area contributed by atoms with E-state index in [-0.39, 0.29) is 31.3 Å². The second-order valence-corrected chi connectivity index (χ2v) is 5.54. The van der Waals surface area contributed by atoms with Gasteiger partial charge < -0.3 is 10.1 Å². The minimum Gasteiger partial charge on any atom is -0.493 e. The van der Waals surface area contributed by atoms with Crippen LogP contribution in [0.4, 0.5) is 0 Å². The molecule has 1 aromatic rings. The van der Waals surface area contributed by atoms with Crippen molar-refractivity contribution in [3.8, 4) is 5.75 Å². The largest absolute Gasteiger partial charge is 0.493 e. The van der Waals surface area contributed by atoms with E-state index in [0.717, 1.165) is 4.47 Å². The molecule has 0 bridgehead atoms. The fourth-order valence-electron chi connectivity index (χ4n) is 1.92.